The van der Waals surface area contributed by atoms with E-state index in [2.05, 4.69) is 10.3 Å². The fourth-order valence-electron chi connectivity index (χ4n) is 3.54. The Kier molecular flexibility index (Phi) is 9.31. The van der Waals surface area contributed by atoms with Crippen molar-refractivity contribution < 1.29 is 41.7 Å². The lowest BCUT2D eigenvalue weighted by molar-refractivity contribution is -0.171. The molecule has 2 heterocycles. The lowest BCUT2D eigenvalue weighted by Crippen LogP contribution is -2.37. The minimum absolute atomic E-state index is 0.0386. The summed E-state index contributed by atoms with van der Waals surface area (Å²) in [7, 11) is -4.16. The van der Waals surface area contributed by atoms with Gasteiger partial charge in [-0.3, -0.25) is 23.9 Å². The Morgan fingerprint density at radius 3 is 2.47 bits per heavy atom. The number of hydroxylamine groups is 2. The number of pyridine rings is 1. The number of ether oxygens (including phenoxy) is 1. The van der Waals surface area contributed by atoms with Crippen LogP contribution in [0, 0.1) is 0 Å². The van der Waals surface area contributed by atoms with E-state index < -0.39 is 39.7 Å². The third kappa shape index (κ3) is 8.57. The number of aromatic nitrogens is 1. The van der Waals surface area contributed by atoms with Gasteiger partial charge in [-0.15, -0.1) is 5.06 Å². The maximum Gasteiger partial charge on any atom is 0.432 e. The van der Waals surface area contributed by atoms with Gasteiger partial charge in [0.2, 0.25) is 0 Å². The number of nitrogens with zero attached hydrogens (tertiary/aromatic N) is 2. The summed E-state index contributed by atoms with van der Waals surface area (Å²) in [6.07, 6.45) is 3.41. The van der Waals surface area contributed by atoms with E-state index in [1.54, 1.807) is 6.20 Å². The molecule has 36 heavy (non-hydrogen) atoms. The van der Waals surface area contributed by atoms with Crippen molar-refractivity contribution in [3.8, 4) is 0 Å². The molecular weight excluding hydrogens is 494 g/mol. The lowest BCUT2D eigenvalue weighted by atomic mass is 10.0. The molecule has 0 radical (unpaired) electrons. The van der Waals surface area contributed by atoms with Crippen molar-refractivity contribution in [1.29, 1.82) is 0 Å². The number of benzene rings is 1. The molecule has 0 aliphatic carbocycles. The van der Waals surface area contributed by atoms with E-state index in [4.69, 9.17) is 14.1 Å². The highest BCUT2D eigenvalue weighted by Gasteiger charge is 2.32. The first-order valence-electron chi connectivity index (χ1n) is 11.4. The summed E-state index contributed by atoms with van der Waals surface area (Å²) in [5, 5.41) is 3.95. The number of aryl methyl sites for hydroxylation is 2. The Balaban J connectivity index is 1.41. The molecule has 12 nitrogen and oxygen atoms in total. The highest BCUT2D eigenvalue weighted by atomic mass is 32.2. The van der Waals surface area contributed by atoms with Gasteiger partial charge in [-0.05, 0) is 55.0 Å². The van der Waals surface area contributed by atoms with E-state index in [-0.39, 0.29) is 25.9 Å². The second kappa shape index (κ2) is 12.4. The summed E-state index contributed by atoms with van der Waals surface area (Å²) in [5.74, 6) is -2.23. The number of carbonyl (C=O) groups excluding carboxylic acids is 4. The minimum atomic E-state index is -4.16. The minimum Gasteiger partial charge on any atom is -0.464 e. The van der Waals surface area contributed by atoms with Crippen LogP contribution < -0.4 is 5.32 Å². The number of hydrogen-bond acceptors (Lipinski definition) is 9. The highest BCUT2D eigenvalue weighted by Crippen LogP contribution is 2.18. The molecule has 0 unspecified atom stereocenters. The van der Waals surface area contributed by atoms with Gasteiger partial charge in [-0.1, -0.05) is 6.07 Å². The number of fused-ring (bicyclic) bond motifs is 1. The number of imide groups is 1. The van der Waals surface area contributed by atoms with E-state index in [9.17, 15) is 27.6 Å². The molecule has 1 aromatic heterocycles. The second-order valence-electron chi connectivity index (χ2n) is 8.22. The molecular formula is C23H27N3O9S. The SMILES string of the molecule is O=C(CCCc1cnc2ccc(CCCNC(=O)ON3C(=O)CCC3=O)cc2c1)OCCS(=O)(=O)O. The van der Waals surface area contributed by atoms with Crippen LogP contribution in [0.15, 0.2) is 30.5 Å². The summed E-state index contributed by atoms with van der Waals surface area (Å²) in [6, 6.07) is 7.81. The van der Waals surface area contributed by atoms with E-state index in [0.717, 1.165) is 22.0 Å². The average molecular weight is 522 g/mol. The van der Waals surface area contributed by atoms with Crippen molar-refractivity contribution in [2.45, 2.75) is 44.9 Å². The molecule has 13 heteroatoms. The molecule has 2 aromatic rings. The standard InChI is InChI=1S/C23H27N3O9S/c27-20-8-9-21(28)26(20)35-23(30)24-10-2-4-16-6-7-19-18(13-16)14-17(15-25-19)3-1-5-22(29)34-11-12-36(31,32)33/h6-7,13-15H,1-5,8-12H2,(H,24,30)(H,31,32,33). The average Bonchev–Trinajstić information content (AvgIpc) is 3.13. The van der Waals surface area contributed by atoms with Gasteiger partial charge in [0.15, 0.2) is 0 Å². The Bertz CT molecular complexity index is 1230. The van der Waals surface area contributed by atoms with Gasteiger partial charge in [0.25, 0.3) is 21.9 Å². The largest absolute Gasteiger partial charge is 0.464 e. The number of rotatable bonds is 12. The Hall–Kier alpha value is -3.58. The molecule has 0 saturated carbocycles. The summed E-state index contributed by atoms with van der Waals surface area (Å²) in [4.78, 5) is 55.6. The zero-order chi connectivity index (χ0) is 26.1. The third-order valence-electron chi connectivity index (χ3n) is 5.34. The number of amides is 3. The smallest absolute Gasteiger partial charge is 0.432 e. The normalized spacial score (nSPS) is 13.8. The molecule has 3 amide bonds. The van der Waals surface area contributed by atoms with Gasteiger partial charge in [-0.25, -0.2) is 4.79 Å². The van der Waals surface area contributed by atoms with Crippen LogP contribution >= 0.6 is 0 Å². The predicted molar refractivity (Wildman–Crippen MR) is 126 cm³/mol. The molecule has 194 valence electrons. The number of hydrogen-bond donors (Lipinski definition) is 2. The Morgan fingerprint density at radius 1 is 1.06 bits per heavy atom. The predicted octanol–water partition coefficient (Wildman–Crippen LogP) is 1.71. The molecule has 3 rings (SSSR count). The number of carbonyl (C=O) groups is 4. The fourth-order valence-corrected chi connectivity index (χ4v) is 3.84. The van der Waals surface area contributed by atoms with Crippen molar-refractivity contribution in [3.05, 3.63) is 41.6 Å². The first-order chi connectivity index (χ1) is 17.1. The van der Waals surface area contributed by atoms with Crippen molar-refractivity contribution in [2.24, 2.45) is 0 Å². The van der Waals surface area contributed by atoms with Crippen LogP contribution in [0.3, 0.4) is 0 Å². The van der Waals surface area contributed by atoms with Gasteiger partial charge in [-0.2, -0.15) is 8.42 Å². The van der Waals surface area contributed by atoms with Crippen LogP contribution in [-0.4, -0.2) is 65.8 Å². The molecule has 2 N–H and O–H groups in total. The van der Waals surface area contributed by atoms with Gasteiger partial charge in [0.05, 0.1) is 5.52 Å². The van der Waals surface area contributed by atoms with Gasteiger partial charge >= 0.3 is 12.1 Å². The van der Waals surface area contributed by atoms with Crippen molar-refractivity contribution in [3.63, 3.8) is 0 Å². The van der Waals surface area contributed by atoms with E-state index in [1.165, 1.54) is 0 Å². The third-order valence-corrected chi connectivity index (χ3v) is 6.03. The van der Waals surface area contributed by atoms with Crippen molar-refractivity contribution in [1.82, 2.24) is 15.4 Å². The zero-order valence-electron chi connectivity index (χ0n) is 19.5. The lowest BCUT2D eigenvalue weighted by Gasteiger charge is -2.13. The molecule has 1 aliphatic heterocycles. The molecule has 1 saturated heterocycles. The quantitative estimate of drug-likeness (QED) is 0.181. The Morgan fingerprint density at radius 2 is 1.75 bits per heavy atom. The monoisotopic (exact) mass is 521 g/mol. The van der Waals surface area contributed by atoms with E-state index >= 15 is 0 Å². The molecule has 1 aromatic carbocycles. The molecule has 1 fully saturated rings. The fraction of sp³-hybridized carbons (Fsp3) is 0.435. The molecule has 0 atom stereocenters. The first kappa shape index (κ1) is 27.0. The van der Waals surface area contributed by atoms with Gasteiger partial charge < -0.3 is 14.9 Å². The Labute approximate surface area is 207 Å². The van der Waals surface area contributed by atoms with Gasteiger partial charge in [0, 0.05) is 37.4 Å². The van der Waals surface area contributed by atoms with Crippen LogP contribution in [0.5, 0.6) is 0 Å². The summed E-state index contributed by atoms with van der Waals surface area (Å²) in [6.45, 7) is -0.0851. The van der Waals surface area contributed by atoms with Crippen LogP contribution in [0.1, 0.15) is 43.2 Å². The van der Waals surface area contributed by atoms with Crippen LogP contribution in [0.4, 0.5) is 4.79 Å². The summed E-state index contributed by atoms with van der Waals surface area (Å²) < 4.78 is 34.7. The summed E-state index contributed by atoms with van der Waals surface area (Å²) in [5.41, 5.74) is 2.78. The maximum atomic E-state index is 11.8. The first-order valence-corrected chi connectivity index (χ1v) is 13.0. The van der Waals surface area contributed by atoms with Crippen LogP contribution in [-0.2, 0) is 46.9 Å². The van der Waals surface area contributed by atoms with Crippen LogP contribution in [0.2, 0.25) is 0 Å². The van der Waals surface area contributed by atoms with Crippen molar-refractivity contribution >= 4 is 44.9 Å². The molecule has 0 bridgehead atoms. The number of nitrogens with one attached hydrogen (secondary N) is 1. The highest BCUT2D eigenvalue weighted by molar-refractivity contribution is 7.85. The second-order valence-corrected chi connectivity index (χ2v) is 9.79. The molecule has 1 aliphatic rings. The van der Waals surface area contributed by atoms with Gasteiger partial charge in [0.1, 0.15) is 12.4 Å². The van der Waals surface area contributed by atoms with E-state index in [1.807, 2.05) is 24.3 Å². The maximum absolute atomic E-state index is 11.8. The topological polar surface area (TPSA) is 169 Å². The molecule has 0 spiro atoms. The number of esters is 1. The van der Waals surface area contributed by atoms with Crippen LogP contribution in [0.25, 0.3) is 10.9 Å². The van der Waals surface area contributed by atoms with Crippen molar-refractivity contribution in [2.75, 3.05) is 18.9 Å². The van der Waals surface area contributed by atoms with E-state index in [0.29, 0.717) is 37.3 Å². The summed E-state index contributed by atoms with van der Waals surface area (Å²) >= 11 is 0. The zero-order valence-corrected chi connectivity index (χ0v) is 20.3.